The second kappa shape index (κ2) is 6.98. The number of allylic oxidation sites excluding steroid dienone is 1. The van der Waals surface area contributed by atoms with Crippen molar-refractivity contribution in [3.8, 4) is 5.75 Å². The number of halogens is 5. The molecule has 23 heavy (non-hydrogen) atoms. The third-order valence-corrected chi connectivity index (χ3v) is 4.00. The summed E-state index contributed by atoms with van der Waals surface area (Å²) in [5, 5.41) is 18.5. The van der Waals surface area contributed by atoms with Crippen LogP contribution in [0.1, 0.15) is 18.9 Å². The summed E-state index contributed by atoms with van der Waals surface area (Å²) in [5.74, 6) is -2.41. The minimum Gasteiger partial charge on any atom is -0.494 e. The van der Waals surface area contributed by atoms with E-state index in [0.29, 0.717) is 0 Å². The molecule has 1 atom stereocenters. The van der Waals surface area contributed by atoms with E-state index in [1.807, 2.05) is 0 Å². The lowest BCUT2D eigenvalue weighted by Crippen LogP contribution is -2.52. The molecule has 0 aliphatic heterocycles. The van der Waals surface area contributed by atoms with Crippen molar-refractivity contribution < 1.29 is 32.9 Å². The number of ether oxygens (including phenoxy) is 1. The number of carboxylic acid groups (broad SMARTS) is 1. The van der Waals surface area contributed by atoms with Crippen LogP contribution in [-0.4, -0.2) is 35.1 Å². The van der Waals surface area contributed by atoms with Crippen LogP contribution in [0.2, 0.25) is 10.0 Å². The number of rotatable bonds is 5. The predicted octanol–water partition coefficient (Wildman–Crippen LogP) is 4.17. The van der Waals surface area contributed by atoms with Gasteiger partial charge in [-0.25, -0.2) is 4.79 Å². The Morgan fingerprint density at radius 1 is 1.35 bits per heavy atom. The second-order valence-corrected chi connectivity index (χ2v) is 5.38. The highest BCUT2D eigenvalue weighted by Crippen LogP contribution is 2.43. The average Bonchev–Trinajstić information content (AvgIpc) is 2.46. The molecule has 0 unspecified atom stereocenters. The molecular formula is C14H13Cl2F3O4. The van der Waals surface area contributed by atoms with Crippen LogP contribution in [0.5, 0.6) is 5.75 Å². The van der Waals surface area contributed by atoms with E-state index in [4.69, 9.17) is 33.0 Å². The van der Waals surface area contributed by atoms with Gasteiger partial charge in [-0.3, -0.25) is 0 Å². The van der Waals surface area contributed by atoms with Gasteiger partial charge < -0.3 is 14.9 Å². The SMILES string of the molecule is CC=C(C[C@@](O)(C(=O)O)C(F)(F)F)c1ccc(Cl)c(Cl)c1OC. The molecule has 0 amide bonds. The van der Waals surface area contributed by atoms with E-state index in [-0.39, 0.29) is 26.9 Å². The number of benzene rings is 1. The van der Waals surface area contributed by atoms with Crippen molar-refractivity contribution in [1.29, 1.82) is 0 Å². The van der Waals surface area contributed by atoms with E-state index in [2.05, 4.69) is 0 Å². The maximum atomic E-state index is 13.0. The van der Waals surface area contributed by atoms with Gasteiger partial charge in [0.2, 0.25) is 0 Å². The van der Waals surface area contributed by atoms with E-state index < -0.39 is 24.2 Å². The molecule has 2 N–H and O–H groups in total. The number of carbonyl (C=O) groups is 1. The van der Waals surface area contributed by atoms with E-state index in [9.17, 15) is 23.1 Å². The summed E-state index contributed by atoms with van der Waals surface area (Å²) in [6.45, 7) is 1.40. The minimum atomic E-state index is -5.36. The molecule has 0 aromatic heterocycles. The molecule has 128 valence electrons. The lowest BCUT2D eigenvalue weighted by atomic mass is 9.89. The molecule has 0 radical (unpaired) electrons. The fraction of sp³-hybridized carbons (Fsp3) is 0.357. The summed E-state index contributed by atoms with van der Waals surface area (Å²) < 4.78 is 43.9. The van der Waals surface area contributed by atoms with E-state index in [0.717, 1.165) is 0 Å². The van der Waals surface area contributed by atoms with Crippen molar-refractivity contribution in [2.24, 2.45) is 0 Å². The van der Waals surface area contributed by atoms with Gasteiger partial charge in [0.05, 0.1) is 12.1 Å². The molecule has 4 nitrogen and oxygen atoms in total. The maximum Gasteiger partial charge on any atom is 0.428 e. The minimum absolute atomic E-state index is 0.0119. The highest BCUT2D eigenvalue weighted by Gasteiger charge is 2.60. The maximum absolute atomic E-state index is 13.0. The van der Waals surface area contributed by atoms with Gasteiger partial charge in [-0.2, -0.15) is 13.2 Å². The van der Waals surface area contributed by atoms with Crippen LogP contribution in [-0.2, 0) is 4.79 Å². The predicted molar refractivity (Wildman–Crippen MR) is 79.9 cm³/mol. The van der Waals surface area contributed by atoms with Crippen molar-refractivity contribution >= 4 is 34.7 Å². The fourth-order valence-corrected chi connectivity index (χ4v) is 2.30. The summed E-state index contributed by atoms with van der Waals surface area (Å²) in [5.41, 5.74) is -3.94. The van der Waals surface area contributed by atoms with E-state index in [1.165, 1.54) is 32.2 Å². The number of alkyl halides is 3. The average molecular weight is 373 g/mol. The van der Waals surface area contributed by atoms with Gasteiger partial charge >= 0.3 is 12.1 Å². The summed E-state index contributed by atoms with van der Waals surface area (Å²) >= 11 is 11.8. The number of hydrogen-bond acceptors (Lipinski definition) is 3. The molecule has 0 saturated carbocycles. The van der Waals surface area contributed by atoms with Crippen LogP contribution < -0.4 is 4.74 Å². The van der Waals surface area contributed by atoms with Crippen LogP contribution >= 0.6 is 23.2 Å². The molecule has 0 bridgehead atoms. The summed E-state index contributed by atoms with van der Waals surface area (Å²) in [6.07, 6.45) is -5.34. The third-order valence-electron chi connectivity index (χ3n) is 3.22. The lowest BCUT2D eigenvalue weighted by Gasteiger charge is -2.27. The van der Waals surface area contributed by atoms with Crippen LogP contribution in [0.15, 0.2) is 18.2 Å². The molecule has 9 heteroatoms. The van der Waals surface area contributed by atoms with Gasteiger partial charge in [-0.15, -0.1) is 0 Å². The molecule has 0 aliphatic rings. The number of hydrogen-bond donors (Lipinski definition) is 2. The van der Waals surface area contributed by atoms with Crippen molar-refractivity contribution in [3.63, 3.8) is 0 Å². The highest BCUT2D eigenvalue weighted by molar-refractivity contribution is 6.43. The van der Waals surface area contributed by atoms with Gasteiger partial charge in [0.15, 0.2) is 0 Å². The first-order chi connectivity index (χ1) is 10.5. The summed E-state index contributed by atoms with van der Waals surface area (Å²) in [4.78, 5) is 11.0. The Morgan fingerprint density at radius 3 is 2.30 bits per heavy atom. The molecular weight excluding hydrogens is 360 g/mol. The Kier molecular flexibility index (Phi) is 5.95. The number of aliphatic hydroxyl groups is 1. The van der Waals surface area contributed by atoms with Crippen molar-refractivity contribution in [3.05, 3.63) is 33.8 Å². The summed E-state index contributed by atoms with van der Waals surface area (Å²) in [7, 11) is 1.24. The molecule has 0 aliphatic carbocycles. The van der Waals surface area contributed by atoms with Crippen molar-refractivity contribution in [1.82, 2.24) is 0 Å². The number of aliphatic carboxylic acids is 1. The molecule has 0 saturated heterocycles. The zero-order chi connectivity index (χ0) is 18.0. The largest absolute Gasteiger partial charge is 0.494 e. The number of methoxy groups -OCH3 is 1. The first-order valence-corrected chi connectivity index (χ1v) is 6.95. The Labute approximate surface area is 140 Å². The molecule has 0 heterocycles. The van der Waals surface area contributed by atoms with Crippen molar-refractivity contribution in [2.75, 3.05) is 7.11 Å². The molecule has 0 fully saturated rings. The Bertz CT molecular complexity index is 644. The van der Waals surface area contributed by atoms with Gasteiger partial charge in [0, 0.05) is 12.0 Å². The quantitative estimate of drug-likeness (QED) is 0.813. The monoisotopic (exact) mass is 372 g/mol. The fourth-order valence-electron chi connectivity index (χ4n) is 1.91. The molecule has 1 rings (SSSR count). The second-order valence-electron chi connectivity index (χ2n) is 4.60. The molecule has 1 aromatic carbocycles. The first kappa shape index (κ1) is 19.6. The standard InChI is InChI=1S/C14H13Cl2F3O4/c1-3-7(6-13(22,12(20)21)14(17,18)19)8-4-5-9(15)10(16)11(8)23-2/h3-5,22H,6H2,1-2H3,(H,20,21)/t13-/m1/s1. The Morgan fingerprint density at radius 2 is 1.91 bits per heavy atom. The van der Waals surface area contributed by atoms with Gasteiger partial charge in [0.25, 0.3) is 5.60 Å². The molecule has 1 aromatic rings. The van der Waals surface area contributed by atoms with Gasteiger partial charge in [-0.05, 0) is 24.6 Å². The van der Waals surface area contributed by atoms with Crippen LogP contribution in [0.25, 0.3) is 5.57 Å². The lowest BCUT2D eigenvalue weighted by molar-refractivity contribution is -0.258. The topological polar surface area (TPSA) is 66.8 Å². The van der Waals surface area contributed by atoms with E-state index in [1.54, 1.807) is 0 Å². The molecule has 0 spiro atoms. The van der Waals surface area contributed by atoms with Crippen molar-refractivity contribution in [2.45, 2.75) is 25.1 Å². The van der Waals surface area contributed by atoms with E-state index >= 15 is 0 Å². The smallest absolute Gasteiger partial charge is 0.428 e. The zero-order valence-electron chi connectivity index (χ0n) is 12.0. The highest BCUT2D eigenvalue weighted by atomic mass is 35.5. The normalized spacial score (nSPS) is 15.2. The van der Waals surface area contributed by atoms with Crippen LogP contribution in [0.4, 0.5) is 13.2 Å². The van der Waals surface area contributed by atoms with Gasteiger partial charge in [-0.1, -0.05) is 29.3 Å². The first-order valence-electron chi connectivity index (χ1n) is 6.19. The zero-order valence-corrected chi connectivity index (χ0v) is 13.6. The van der Waals surface area contributed by atoms with Crippen LogP contribution in [0, 0.1) is 0 Å². The Hall–Kier alpha value is -1.44. The Balaban J connectivity index is 3.42. The van der Waals surface area contributed by atoms with Crippen LogP contribution in [0.3, 0.4) is 0 Å². The van der Waals surface area contributed by atoms with Gasteiger partial charge in [0.1, 0.15) is 10.8 Å². The third kappa shape index (κ3) is 3.73. The summed E-state index contributed by atoms with van der Waals surface area (Å²) in [6, 6.07) is 2.67. The number of carboxylic acids is 1.